The smallest absolute Gasteiger partial charge is 0.225 e. The van der Waals surface area contributed by atoms with Crippen molar-refractivity contribution in [3.8, 4) is 0 Å². The van der Waals surface area contributed by atoms with E-state index in [-0.39, 0.29) is 30.0 Å². The summed E-state index contributed by atoms with van der Waals surface area (Å²) in [5.74, 6) is -1.83. The van der Waals surface area contributed by atoms with Gasteiger partial charge in [0.05, 0.1) is 5.92 Å². The minimum absolute atomic E-state index is 0.0574. The van der Waals surface area contributed by atoms with Crippen LogP contribution < -0.4 is 11.5 Å². The van der Waals surface area contributed by atoms with Gasteiger partial charge in [-0.25, -0.2) is 0 Å². The number of amides is 1. The summed E-state index contributed by atoms with van der Waals surface area (Å²) in [6, 6.07) is 5.38. The Morgan fingerprint density at radius 1 is 1.26 bits per heavy atom. The van der Waals surface area contributed by atoms with Crippen LogP contribution in [-0.2, 0) is 22.6 Å². The lowest BCUT2D eigenvalue weighted by molar-refractivity contribution is -0.121. The molecular weight excluding hydrogens is 292 g/mol. The van der Waals surface area contributed by atoms with Crippen LogP contribution in [-0.4, -0.2) is 17.5 Å². The molecule has 0 spiro atoms. The highest BCUT2D eigenvalue weighted by atomic mass is 16.1. The predicted octanol–water partition coefficient (Wildman–Crippen LogP) is 1.92. The highest BCUT2D eigenvalue weighted by Crippen LogP contribution is 2.23. The Balaban J connectivity index is 3.08. The Hall–Kier alpha value is -2.27. The topological polar surface area (TPSA) is 103 Å². The summed E-state index contributed by atoms with van der Waals surface area (Å²) in [7, 11) is 0. The maximum absolute atomic E-state index is 12.7. The van der Waals surface area contributed by atoms with Crippen molar-refractivity contribution in [3.63, 3.8) is 0 Å². The second-order valence-corrected chi connectivity index (χ2v) is 5.60. The third kappa shape index (κ3) is 4.86. The standard InChI is InChI=1S/C18H24N2O3/c1-4-14-9-13(10-19)6-8-16(14)17(22)12(3)15(18(20)23)7-5-11(2)21/h6,8-9,15H,3-5,7,10,19H2,1-2H3,(H2,20,23). The van der Waals surface area contributed by atoms with E-state index in [9.17, 15) is 14.4 Å². The van der Waals surface area contributed by atoms with Crippen LogP contribution in [0.3, 0.4) is 0 Å². The molecule has 1 amide bonds. The van der Waals surface area contributed by atoms with E-state index < -0.39 is 11.8 Å². The number of ketones is 2. The predicted molar refractivity (Wildman–Crippen MR) is 89.8 cm³/mol. The molecule has 0 bridgehead atoms. The fourth-order valence-corrected chi connectivity index (χ4v) is 2.46. The molecule has 0 aliphatic carbocycles. The zero-order valence-electron chi connectivity index (χ0n) is 13.7. The third-order valence-corrected chi connectivity index (χ3v) is 3.87. The molecule has 0 radical (unpaired) electrons. The monoisotopic (exact) mass is 316 g/mol. The maximum atomic E-state index is 12.7. The Morgan fingerprint density at radius 3 is 2.39 bits per heavy atom. The first-order valence-electron chi connectivity index (χ1n) is 7.65. The van der Waals surface area contributed by atoms with Crippen LogP contribution in [0.15, 0.2) is 30.4 Å². The van der Waals surface area contributed by atoms with E-state index in [1.165, 1.54) is 6.92 Å². The van der Waals surface area contributed by atoms with Crippen molar-refractivity contribution in [2.75, 3.05) is 0 Å². The van der Waals surface area contributed by atoms with Gasteiger partial charge in [0.15, 0.2) is 5.78 Å². The van der Waals surface area contributed by atoms with Crippen LogP contribution in [0.5, 0.6) is 0 Å². The summed E-state index contributed by atoms with van der Waals surface area (Å²) in [6.45, 7) is 7.53. The largest absolute Gasteiger partial charge is 0.369 e. The molecule has 5 heteroatoms. The number of nitrogens with two attached hydrogens (primary N) is 2. The lowest BCUT2D eigenvalue weighted by Gasteiger charge is -2.16. The van der Waals surface area contributed by atoms with Gasteiger partial charge in [0.2, 0.25) is 5.91 Å². The molecule has 0 saturated carbocycles. The number of carbonyl (C=O) groups excluding carboxylic acids is 3. The molecule has 0 aliphatic rings. The summed E-state index contributed by atoms with van der Waals surface area (Å²) >= 11 is 0. The fraction of sp³-hybridized carbons (Fsp3) is 0.389. The molecule has 0 aliphatic heterocycles. The van der Waals surface area contributed by atoms with Gasteiger partial charge < -0.3 is 16.3 Å². The SMILES string of the molecule is C=C(C(=O)c1ccc(CN)cc1CC)C(CCC(C)=O)C(N)=O. The first-order valence-corrected chi connectivity index (χ1v) is 7.65. The summed E-state index contributed by atoms with van der Waals surface area (Å²) in [4.78, 5) is 35.4. The highest BCUT2D eigenvalue weighted by molar-refractivity contribution is 6.12. The zero-order valence-corrected chi connectivity index (χ0v) is 13.7. The summed E-state index contributed by atoms with van der Waals surface area (Å²) in [5.41, 5.74) is 13.4. The molecule has 0 aromatic heterocycles. The molecule has 1 rings (SSSR count). The number of benzene rings is 1. The van der Waals surface area contributed by atoms with Crippen LogP contribution in [0, 0.1) is 5.92 Å². The number of aryl methyl sites for hydroxylation is 1. The quantitative estimate of drug-likeness (QED) is 0.536. The van der Waals surface area contributed by atoms with Crippen LogP contribution in [0.25, 0.3) is 0 Å². The van der Waals surface area contributed by atoms with Gasteiger partial charge in [0, 0.05) is 24.1 Å². The molecule has 23 heavy (non-hydrogen) atoms. The molecule has 0 heterocycles. The first kappa shape index (κ1) is 18.8. The van der Waals surface area contributed by atoms with E-state index in [4.69, 9.17) is 11.5 Å². The first-order chi connectivity index (χ1) is 10.8. The average Bonchev–Trinajstić information content (AvgIpc) is 2.52. The van der Waals surface area contributed by atoms with Crippen molar-refractivity contribution in [2.45, 2.75) is 39.7 Å². The Bertz CT molecular complexity index is 635. The molecule has 0 fully saturated rings. The lowest BCUT2D eigenvalue weighted by Crippen LogP contribution is -2.28. The number of hydrogen-bond donors (Lipinski definition) is 2. The number of rotatable bonds is 9. The Labute approximate surface area is 136 Å². The Kier molecular flexibility index (Phi) is 6.85. The molecule has 5 nitrogen and oxygen atoms in total. The van der Waals surface area contributed by atoms with Crippen LogP contribution in [0.1, 0.15) is 48.2 Å². The van der Waals surface area contributed by atoms with E-state index in [2.05, 4.69) is 6.58 Å². The molecule has 1 unspecified atom stereocenters. The van der Waals surface area contributed by atoms with Gasteiger partial charge in [-0.05, 0) is 30.9 Å². The van der Waals surface area contributed by atoms with E-state index in [1.54, 1.807) is 12.1 Å². The molecule has 4 N–H and O–H groups in total. The van der Waals surface area contributed by atoms with E-state index >= 15 is 0 Å². The third-order valence-electron chi connectivity index (χ3n) is 3.87. The van der Waals surface area contributed by atoms with Crippen molar-refractivity contribution in [1.29, 1.82) is 0 Å². The summed E-state index contributed by atoms with van der Waals surface area (Å²) in [6.07, 6.45) is 1.06. The van der Waals surface area contributed by atoms with Gasteiger partial charge in [0.1, 0.15) is 5.78 Å². The van der Waals surface area contributed by atoms with Crippen LogP contribution >= 0.6 is 0 Å². The van der Waals surface area contributed by atoms with Gasteiger partial charge in [-0.1, -0.05) is 31.7 Å². The summed E-state index contributed by atoms with van der Waals surface area (Å²) in [5, 5.41) is 0. The summed E-state index contributed by atoms with van der Waals surface area (Å²) < 4.78 is 0. The average molecular weight is 316 g/mol. The fourth-order valence-electron chi connectivity index (χ4n) is 2.46. The van der Waals surface area contributed by atoms with Crippen molar-refractivity contribution >= 4 is 17.5 Å². The second-order valence-electron chi connectivity index (χ2n) is 5.60. The lowest BCUT2D eigenvalue weighted by atomic mass is 9.86. The van der Waals surface area contributed by atoms with Gasteiger partial charge in [-0.15, -0.1) is 0 Å². The highest BCUT2D eigenvalue weighted by Gasteiger charge is 2.26. The molecule has 124 valence electrons. The minimum Gasteiger partial charge on any atom is -0.369 e. The Morgan fingerprint density at radius 2 is 1.91 bits per heavy atom. The molecule has 1 aromatic rings. The van der Waals surface area contributed by atoms with Crippen molar-refractivity contribution < 1.29 is 14.4 Å². The van der Waals surface area contributed by atoms with Gasteiger partial charge in [-0.3, -0.25) is 9.59 Å². The molecule has 0 saturated heterocycles. The second kappa shape index (κ2) is 8.39. The van der Waals surface area contributed by atoms with Crippen LogP contribution in [0.2, 0.25) is 0 Å². The van der Waals surface area contributed by atoms with Gasteiger partial charge >= 0.3 is 0 Å². The number of hydrogen-bond acceptors (Lipinski definition) is 4. The van der Waals surface area contributed by atoms with Crippen LogP contribution in [0.4, 0.5) is 0 Å². The van der Waals surface area contributed by atoms with Gasteiger partial charge in [0.25, 0.3) is 0 Å². The molecule has 1 atom stereocenters. The van der Waals surface area contributed by atoms with E-state index in [0.29, 0.717) is 18.5 Å². The van der Waals surface area contributed by atoms with Crippen molar-refractivity contribution in [2.24, 2.45) is 17.4 Å². The number of primary amides is 1. The normalized spacial score (nSPS) is 11.8. The van der Waals surface area contributed by atoms with Crippen molar-refractivity contribution in [1.82, 2.24) is 0 Å². The number of Topliss-reactive ketones (excluding diaryl/α,β-unsaturated/α-hetero) is 2. The van der Waals surface area contributed by atoms with E-state index in [0.717, 1.165) is 11.1 Å². The minimum atomic E-state index is -0.828. The number of carbonyl (C=O) groups is 3. The zero-order chi connectivity index (χ0) is 17.6. The van der Waals surface area contributed by atoms with E-state index in [1.807, 2.05) is 13.0 Å². The molecular formula is C18H24N2O3. The maximum Gasteiger partial charge on any atom is 0.225 e. The van der Waals surface area contributed by atoms with Crippen molar-refractivity contribution in [3.05, 3.63) is 47.0 Å². The van der Waals surface area contributed by atoms with Gasteiger partial charge in [-0.2, -0.15) is 0 Å². The molecule has 1 aromatic carbocycles.